The van der Waals surface area contributed by atoms with E-state index in [0.717, 1.165) is 29.5 Å². The predicted molar refractivity (Wildman–Crippen MR) is 106 cm³/mol. The molecule has 26 heavy (non-hydrogen) atoms. The van der Waals surface area contributed by atoms with Crippen molar-refractivity contribution in [1.29, 1.82) is 0 Å². The third kappa shape index (κ3) is 3.28. The lowest BCUT2D eigenvalue weighted by atomic mass is 10.0. The number of nitrogens with one attached hydrogen (secondary N) is 1. The smallest absolute Gasteiger partial charge is 0.315 e. The molecule has 3 aromatic rings. The number of urea groups is 1. The third-order valence-corrected chi connectivity index (χ3v) is 5.06. The lowest BCUT2D eigenvalue weighted by Crippen LogP contribution is -2.50. The first-order valence-electron chi connectivity index (χ1n) is 9.01. The number of amides is 2. The van der Waals surface area contributed by atoms with Crippen LogP contribution in [-0.4, -0.2) is 42.5 Å². The number of likely N-dealkylation sites (N-methyl/N-ethyl adjacent to an activating group) is 1. The van der Waals surface area contributed by atoms with Crippen molar-refractivity contribution in [2.24, 2.45) is 0 Å². The van der Waals surface area contributed by atoms with E-state index in [2.05, 4.69) is 41.5 Å². The quantitative estimate of drug-likeness (QED) is 0.749. The topological polar surface area (TPSA) is 35.6 Å². The number of rotatable bonds is 2. The summed E-state index contributed by atoms with van der Waals surface area (Å²) in [5.41, 5.74) is 2.03. The van der Waals surface area contributed by atoms with Crippen LogP contribution in [0.5, 0.6) is 0 Å². The molecule has 1 fully saturated rings. The van der Waals surface area contributed by atoms with Gasteiger partial charge in [0, 0.05) is 25.0 Å². The van der Waals surface area contributed by atoms with Gasteiger partial charge in [0.25, 0.3) is 0 Å². The second kappa shape index (κ2) is 7.18. The van der Waals surface area contributed by atoms with Gasteiger partial charge < -0.3 is 15.1 Å². The molecule has 4 heteroatoms. The van der Waals surface area contributed by atoms with Crippen molar-refractivity contribution in [3.63, 3.8) is 0 Å². The normalized spacial score (nSPS) is 18.0. The Balaban J connectivity index is 1.61. The maximum absolute atomic E-state index is 13.1. The fourth-order valence-electron chi connectivity index (χ4n) is 3.64. The van der Waals surface area contributed by atoms with Crippen LogP contribution in [0, 0.1) is 0 Å². The Labute approximate surface area is 154 Å². The van der Waals surface area contributed by atoms with Gasteiger partial charge in [-0.3, -0.25) is 0 Å². The van der Waals surface area contributed by atoms with Crippen LogP contribution < -0.4 is 5.32 Å². The average molecular weight is 345 g/mol. The van der Waals surface area contributed by atoms with Crippen molar-refractivity contribution in [2.45, 2.75) is 6.04 Å². The first-order chi connectivity index (χ1) is 12.7. The molecule has 1 heterocycles. The van der Waals surface area contributed by atoms with Gasteiger partial charge in [0.2, 0.25) is 0 Å². The number of piperazine rings is 1. The third-order valence-electron chi connectivity index (χ3n) is 5.06. The molecule has 0 aromatic heterocycles. The molecule has 1 saturated heterocycles. The van der Waals surface area contributed by atoms with Crippen molar-refractivity contribution >= 4 is 22.5 Å². The Morgan fingerprint density at radius 3 is 2.50 bits per heavy atom. The van der Waals surface area contributed by atoms with Crippen LogP contribution in [-0.2, 0) is 0 Å². The molecule has 4 nitrogen and oxygen atoms in total. The molecule has 0 saturated carbocycles. The molecule has 0 radical (unpaired) electrons. The fraction of sp³-hybridized carbons (Fsp3) is 0.227. The fourth-order valence-corrected chi connectivity index (χ4v) is 3.64. The highest BCUT2D eigenvalue weighted by Crippen LogP contribution is 2.27. The molecule has 2 amide bonds. The number of benzene rings is 3. The van der Waals surface area contributed by atoms with Crippen molar-refractivity contribution in [2.75, 3.05) is 32.0 Å². The molecule has 3 aromatic carbocycles. The molecular weight excluding hydrogens is 322 g/mol. The van der Waals surface area contributed by atoms with Gasteiger partial charge in [-0.2, -0.15) is 0 Å². The summed E-state index contributed by atoms with van der Waals surface area (Å²) in [5, 5.41) is 5.33. The standard InChI is InChI=1S/C22H23N3O/c1-24-14-15-25(21(16-24)18-9-3-2-4-10-18)22(26)23-20-13-7-11-17-8-5-6-12-19(17)20/h2-13,21H,14-16H2,1H3,(H,23,26). The van der Waals surface area contributed by atoms with E-state index in [1.54, 1.807) is 0 Å². The van der Waals surface area contributed by atoms with Gasteiger partial charge in [-0.15, -0.1) is 0 Å². The van der Waals surface area contributed by atoms with Gasteiger partial charge in [-0.05, 0) is 24.1 Å². The zero-order valence-electron chi connectivity index (χ0n) is 14.9. The van der Waals surface area contributed by atoms with Crippen LogP contribution >= 0.6 is 0 Å². The molecule has 132 valence electrons. The van der Waals surface area contributed by atoms with E-state index in [9.17, 15) is 4.79 Å². The zero-order valence-corrected chi connectivity index (χ0v) is 14.9. The number of carbonyl (C=O) groups is 1. The Morgan fingerprint density at radius 1 is 0.923 bits per heavy atom. The summed E-state index contributed by atoms with van der Waals surface area (Å²) in [6, 6.07) is 24.4. The lowest BCUT2D eigenvalue weighted by Gasteiger charge is -2.40. The highest BCUT2D eigenvalue weighted by Gasteiger charge is 2.30. The number of hydrogen-bond donors (Lipinski definition) is 1. The van der Waals surface area contributed by atoms with E-state index in [1.165, 1.54) is 5.56 Å². The minimum Gasteiger partial charge on any atom is -0.315 e. The Hall–Kier alpha value is -2.85. The Kier molecular flexibility index (Phi) is 4.59. The number of carbonyl (C=O) groups excluding carboxylic acids is 1. The molecular formula is C22H23N3O. The molecule has 1 atom stereocenters. The van der Waals surface area contributed by atoms with E-state index in [-0.39, 0.29) is 12.1 Å². The second-order valence-corrected chi connectivity index (χ2v) is 6.84. The SMILES string of the molecule is CN1CCN(C(=O)Nc2cccc3ccccc23)C(c2ccccc2)C1. The Morgan fingerprint density at radius 2 is 1.65 bits per heavy atom. The van der Waals surface area contributed by atoms with Gasteiger partial charge >= 0.3 is 6.03 Å². The molecule has 0 aliphatic carbocycles. The minimum atomic E-state index is -0.0386. The van der Waals surface area contributed by atoms with Crippen molar-refractivity contribution in [3.8, 4) is 0 Å². The van der Waals surface area contributed by atoms with Crippen LogP contribution in [0.4, 0.5) is 10.5 Å². The van der Waals surface area contributed by atoms with Crippen LogP contribution in [0.2, 0.25) is 0 Å². The first kappa shape index (κ1) is 16.6. The van der Waals surface area contributed by atoms with Crippen LogP contribution in [0.15, 0.2) is 72.8 Å². The number of nitrogens with zero attached hydrogens (tertiary/aromatic N) is 2. The second-order valence-electron chi connectivity index (χ2n) is 6.84. The predicted octanol–water partition coefficient (Wildman–Crippen LogP) is 4.36. The summed E-state index contributed by atoms with van der Waals surface area (Å²) >= 11 is 0. The van der Waals surface area contributed by atoms with E-state index >= 15 is 0 Å². The summed E-state index contributed by atoms with van der Waals surface area (Å²) in [6.45, 7) is 2.44. The maximum Gasteiger partial charge on any atom is 0.322 e. The molecule has 0 bridgehead atoms. The molecule has 1 aliphatic rings. The zero-order chi connectivity index (χ0) is 17.9. The summed E-state index contributed by atoms with van der Waals surface area (Å²) in [7, 11) is 2.11. The highest BCUT2D eigenvalue weighted by molar-refractivity contribution is 6.01. The molecule has 0 spiro atoms. The van der Waals surface area contributed by atoms with Crippen LogP contribution in [0.3, 0.4) is 0 Å². The largest absolute Gasteiger partial charge is 0.322 e. The molecule has 1 N–H and O–H groups in total. The van der Waals surface area contributed by atoms with Gasteiger partial charge in [-0.25, -0.2) is 4.79 Å². The molecule has 1 unspecified atom stereocenters. The van der Waals surface area contributed by atoms with E-state index in [4.69, 9.17) is 0 Å². The van der Waals surface area contributed by atoms with Gasteiger partial charge in [0.05, 0.1) is 11.7 Å². The summed E-state index contributed by atoms with van der Waals surface area (Å²) in [4.78, 5) is 17.3. The Bertz CT molecular complexity index is 904. The van der Waals surface area contributed by atoms with E-state index in [0.29, 0.717) is 6.54 Å². The van der Waals surface area contributed by atoms with Crippen molar-refractivity contribution in [1.82, 2.24) is 9.80 Å². The van der Waals surface area contributed by atoms with Gasteiger partial charge in [0.1, 0.15) is 0 Å². The van der Waals surface area contributed by atoms with Gasteiger partial charge in [0.15, 0.2) is 0 Å². The minimum absolute atomic E-state index is 0.0386. The highest BCUT2D eigenvalue weighted by atomic mass is 16.2. The number of fused-ring (bicyclic) bond motifs is 1. The van der Waals surface area contributed by atoms with Gasteiger partial charge in [-0.1, -0.05) is 66.7 Å². The maximum atomic E-state index is 13.1. The van der Waals surface area contributed by atoms with E-state index < -0.39 is 0 Å². The van der Waals surface area contributed by atoms with Crippen LogP contribution in [0.1, 0.15) is 11.6 Å². The van der Waals surface area contributed by atoms with Crippen molar-refractivity contribution in [3.05, 3.63) is 78.4 Å². The first-order valence-corrected chi connectivity index (χ1v) is 9.01. The van der Waals surface area contributed by atoms with E-state index in [1.807, 2.05) is 53.4 Å². The summed E-state index contributed by atoms with van der Waals surface area (Å²) in [6.07, 6.45) is 0. The summed E-state index contributed by atoms with van der Waals surface area (Å²) in [5.74, 6) is 0. The molecule has 1 aliphatic heterocycles. The number of hydrogen-bond acceptors (Lipinski definition) is 2. The molecule has 4 rings (SSSR count). The number of anilines is 1. The van der Waals surface area contributed by atoms with Crippen molar-refractivity contribution < 1.29 is 4.79 Å². The summed E-state index contributed by atoms with van der Waals surface area (Å²) < 4.78 is 0. The monoisotopic (exact) mass is 345 g/mol. The lowest BCUT2D eigenvalue weighted by molar-refractivity contribution is 0.117. The van der Waals surface area contributed by atoms with Crippen LogP contribution in [0.25, 0.3) is 10.8 Å². The average Bonchev–Trinajstić information content (AvgIpc) is 2.69.